The van der Waals surface area contributed by atoms with E-state index in [-0.39, 0.29) is 18.6 Å². The van der Waals surface area contributed by atoms with Gasteiger partial charge >= 0.3 is 12.1 Å². The highest BCUT2D eigenvalue weighted by molar-refractivity contribution is 5.78. The van der Waals surface area contributed by atoms with Gasteiger partial charge in [-0.2, -0.15) is 0 Å². The summed E-state index contributed by atoms with van der Waals surface area (Å²) in [7, 11) is 0. The first-order valence-corrected chi connectivity index (χ1v) is 6.37. The lowest BCUT2D eigenvalue weighted by molar-refractivity contribution is -0.137. The minimum Gasteiger partial charge on any atom is -0.481 e. The number of carbonyl (C=O) groups excluding carboxylic acids is 2. The number of nitrogens with one attached hydrogen (secondary N) is 1. The number of aliphatic carboxylic acids is 1. The van der Waals surface area contributed by atoms with E-state index in [1.165, 1.54) is 0 Å². The first-order valence-electron chi connectivity index (χ1n) is 6.37. The number of Topliss-reactive ketones (excluding diaryl/α,β-unsaturated/α-hetero) is 1. The Balaban J connectivity index is 4.38. The Morgan fingerprint density at radius 1 is 1.26 bits per heavy atom. The fourth-order valence-electron chi connectivity index (χ4n) is 1.42. The number of amides is 1. The van der Waals surface area contributed by atoms with Gasteiger partial charge in [-0.1, -0.05) is 6.92 Å². The molecule has 0 saturated carbocycles. The maximum absolute atomic E-state index is 11.6. The Morgan fingerprint density at radius 3 is 2.26 bits per heavy atom. The van der Waals surface area contributed by atoms with Crippen LogP contribution >= 0.6 is 0 Å². The van der Waals surface area contributed by atoms with Gasteiger partial charge in [-0.05, 0) is 27.2 Å². The molecular formula is C13H23NO5. The Hall–Kier alpha value is -1.59. The van der Waals surface area contributed by atoms with Crippen LogP contribution in [-0.4, -0.2) is 34.6 Å². The third kappa shape index (κ3) is 10.1. The molecule has 0 bridgehead atoms. The van der Waals surface area contributed by atoms with E-state index in [0.717, 1.165) is 0 Å². The summed E-state index contributed by atoms with van der Waals surface area (Å²) in [5.41, 5.74) is -0.642. The highest BCUT2D eigenvalue weighted by atomic mass is 16.6. The van der Waals surface area contributed by atoms with E-state index < -0.39 is 23.7 Å². The molecule has 1 amide bonds. The van der Waals surface area contributed by atoms with Crippen molar-refractivity contribution in [1.82, 2.24) is 5.32 Å². The predicted octanol–water partition coefficient (Wildman–Crippen LogP) is 2.11. The molecule has 19 heavy (non-hydrogen) atoms. The summed E-state index contributed by atoms with van der Waals surface area (Å²) in [5, 5.41) is 11.3. The number of hydrogen-bond acceptors (Lipinski definition) is 4. The summed E-state index contributed by atoms with van der Waals surface area (Å²) < 4.78 is 5.06. The Labute approximate surface area is 113 Å². The highest BCUT2D eigenvalue weighted by Gasteiger charge is 2.21. The third-order valence-corrected chi connectivity index (χ3v) is 2.31. The lowest BCUT2D eigenvalue weighted by atomic mass is 10.1. The summed E-state index contributed by atoms with van der Waals surface area (Å²) >= 11 is 0. The van der Waals surface area contributed by atoms with E-state index in [4.69, 9.17) is 9.84 Å². The maximum Gasteiger partial charge on any atom is 0.407 e. The van der Waals surface area contributed by atoms with Crippen LogP contribution in [0.2, 0.25) is 0 Å². The van der Waals surface area contributed by atoms with Crippen molar-refractivity contribution in [2.75, 3.05) is 0 Å². The summed E-state index contributed by atoms with van der Waals surface area (Å²) in [5.74, 6) is -0.980. The van der Waals surface area contributed by atoms with Crippen molar-refractivity contribution in [3.63, 3.8) is 0 Å². The zero-order valence-corrected chi connectivity index (χ0v) is 12.0. The molecule has 0 heterocycles. The molecule has 6 heteroatoms. The van der Waals surface area contributed by atoms with Crippen molar-refractivity contribution in [2.45, 2.75) is 65.0 Å². The van der Waals surface area contributed by atoms with Crippen LogP contribution < -0.4 is 5.32 Å². The van der Waals surface area contributed by atoms with Gasteiger partial charge in [0, 0.05) is 18.9 Å². The lowest BCUT2D eigenvalue weighted by Crippen LogP contribution is -2.40. The van der Waals surface area contributed by atoms with Crippen molar-refractivity contribution >= 4 is 17.8 Å². The fraction of sp³-hybridized carbons (Fsp3) is 0.769. The molecule has 0 saturated heterocycles. The number of ether oxygens (including phenoxy) is 1. The molecule has 0 aliphatic carbocycles. The lowest BCUT2D eigenvalue weighted by Gasteiger charge is -2.22. The normalized spacial score (nSPS) is 12.6. The van der Waals surface area contributed by atoms with Crippen LogP contribution in [0.4, 0.5) is 4.79 Å². The molecule has 0 aromatic rings. The first-order chi connectivity index (χ1) is 8.64. The van der Waals surface area contributed by atoms with Crippen molar-refractivity contribution < 1.29 is 24.2 Å². The largest absolute Gasteiger partial charge is 0.481 e. The summed E-state index contributed by atoms with van der Waals surface area (Å²) in [6, 6.07) is -0.595. The second-order valence-electron chi connectivity index (χ2n) is 5.37. The topological polar surface area (TPSA) is 92.7 Å². The second kappa shape index (κ2) is 7.76. The summed E-state index contributed by atoms with van der Waals surface area (Å²) in [4.78, 5) is 33.5. The maximum atomic E-state index is 11.6. The van der Waals surface area contributed by atoms with Gasteiger partial charge in [-0.3, -0.25) is 9.59 Å². The SMILES string of the molecule is CCC(=O)CC[C@@H](CC(=O)O)NC(=O)OC(C)(C)C. The van der Waals surface area contributed by atoms with Gasteiger partial charge in [0.25, 0.3) is 0 Å². The number of ketones is 1. The molecule has 2 N–H and O–H groups in total. The third-order valence-electron chi connectivity index (χ3n) is 2.31. The molecule has 6 nitrogen and oxygen atoms in total. The van der Waals surface area contributed by atoms with Gasteiger partial charge in [0.2, 0.25) is 0 Å². The number of hydrogen-bond donors (Lipinski definition) is 2. The molecule has 1 atom stereocenters. The van der Waals surface area contributed by atoms with Gasteiger partial charge in [-0.15, -0.1) is 0 Å². The summed E-state index contributed by atoms with van der Waals surface area (Å²) in [6.07, 6.45) is 0.0768. The molecule has 0 aliphatic heterocycles. The summed E-state index contributed by atoms with van der Waals surface area (Å²) in [6.45, 7) is 6.91. The molecule has 0 aromatic heterocycles. The first kappa shape index (κ1) is 17.4. The smallest absolute Gasteiger partial charge is 0.407 e. The van der Waals surface area contributed by atoms with Gasteiger partial charge in [0.1, 0.15) is 11.4 Å². The quantitative estimate of drug-likeness (QED) is 0.741. The van der Waals surface area contributed by atoms with E-state index in [1.807, 2.05) is 0 Å². The minimum absolute atomic E-state index is 0.0429. The van der Waals surface area contributed by atoms with Crippen molar-refractivity contribution in [3.05, 3.63) is 0 Å². The number of carboxylic acid groups (broad SMARTS) is 1. The number of alkyl carbamates (subject to hydrolysis) is 1. The highest BCUT2D eigenvalue weighted by Crippen LogP contribution is 2.09. The zero-order chi connectivity index (χ0) is 15.1. The van der Waals surface area contributed by atoms with E-state index in [9.17, 15) is 14.4 Å². The van der Waals surface area contributed by atoms with Crippen LogP contribution in [-0.2, 0) is 14.3 Å². The number of carbonyl (C=O) groups is 3. The van der Waals surface area contributed by atoms with Gasteiger partial charge in [0.15, 0.2) is 0 Å². The zero-order valence-electron chi connectivity index (χ0n) is 12.0. The molecule has 0 aliphatic rings. The number of carboxylic acids is 1. The molecule has 0 aromatic carbocycles. The van der Waals surface area contributed by atoms with E-state index >= 15 is 0 Å². The van der Waals surface area contributed by atoms with Crippen LogP contribution in [0.1, 0.15) is 53.4 Å². The Morgan fingerprint density at radius 2 is 1.84 bits per heavy atom. The van der Waals surface area contributed by atoms with E-state index in [0.29, 0.717) is 12.8 Å². The van der Waals surface area contributed by atoms with Crippen LogP contribution in [0.3, 0.4) is 0 Å². The monoisotopic (exact) mass is 273 g/mol. The molecule has 0 fully saturated rings. The Bertz CT molecular complexity index is 332. The molecule has 0 unspecified atom stereocenters. The minimum atomic E-state index is -1.02. The van der Waals surface area contributed by atoms with Crippen molar-refractivity contribution in [2.24, 2.45) is 0 Å². The van der Waals surface area contributed by atoms with Crippen LogP contribution in [0.5, 0.6) is 0 Å². The molecule has 110 valence electrons. The average molecular weight is 273 g/mol. The van der Waals surface area contributed by atoms with E-state index in [1.54, 1.807) is 27.7 Å². The standard InChI is InChI=1S/C13H23NO5/c1-5-10(15)7-6-9(8-11(16)17)14-12(18)19-13(2,3)4/h9H,5-8H2,1-4H3,(H,14,18)(H,16,17)/t9-/m0/s1. The van der Waals surface area contributed by atoms with Gasteiger partial charge in [0.05, 0.1) is 6.42 Å². The fourth-order valence-corrected chi connectivity index (χ4v) is 1.42. The molecular weight excluding hydrogens is 250 g/mol. The van der Waals surface area contributed by atoms with Gasteiger partial charge in [-0.25, -0.2) is 4.79 Å². The Kier molecular flexibility index (Phi) is 7.11. The molecule has 0 rings (SSSR count). The molecule has 0 spiro atoms. The average Bonchev–Trinajstić information content (AvgIpc) is 2.21. The van der Waals surface area contributed by atoms with Gasteiger partial charge < -0.3 is 15.2 Å². The van der Waals surface area contributed by atoms with Crippen molar-refractivity contribution in [3.8, 4) is 0 Å². The van der Waals surface area contributed by atoms with E-state index in [2.05, 4.69) is 5.32 Å². The van der Waals surface area contributed by atoms with Crippen LogP contribution in [0, 0.1) is 0 Å². The number of rotatable bonds is 7. The second-order valence-corrected chi connectivity index (χ2v) is 5.37. The van der Waals surface area contributed by atoms with Crippen LogP contribution in [0.25, 0.3) is 0 Å². The van der Waals surface area contributed by atoms with Crippen molar-refractivity contribution in [1.29, 1.82) is 0 Å². The van der Waals surface area contributed by atoms with Crippen LogP contribution in [0.15, 0.2) is 0 Å². The molecule has 0 radical (unpaired) electrons. The predicted molar refractivity (Wildman–Crippen MR) is 69.9 cm³/mol.